The van der Waals surface area contributed by atoms with Crippen LogP contribution in [0.3, 0.4) is 0 Å². The van der Waals surface area contributed by atoms with E-state index in [2.05, 4.69) is 16.2 Å². The Labute approximate surface area is 110 Å². The first-order valence-electron chi connectivity index (χ1n) is 5.45. The molecule has 1 aliphatic rings. The minimum absolute atomic E-state index is 0.0517. The molecule has 18 heavy (non-hydrogen) atoms. The number of terminal acetylenes is 1. The first kappa shape index (κ1) is 12.9. The lowest BCUT2D eigenvalue weighted by Gasteiger charge is -2.15. The van der Waals surface area contributed by atoms with Gasteiger partial charge in [-0.1, -0.05) is 17.5 Å². The van der Waals surface area contributed by atoms with Gasteiger partial charge in [0.1, 0.15) is 23.5 Å². The van der Waals surface area contributed by atoms with E-state index < -0.39 is 5.82 Å². The fourth-order valence-corrected chi connectivity index (χ4v) is 2.13. The van der Waals surface area contributed by atoms with Gasteiger partial charge in [0, 0.05) is 18.3 Å². The highest BCUT2D eigenvalue weighted by atomic mass is 35.5. The monoisotopic (exact) mass is 266 g/mol. The maximum atomic E-state index is 14.1. The van der Waals surface area contributed by atoms with E-state index in [0.717, 1.165) is 5.56 Å². The molecule has 1 atom stereocenters. The van der Waals surface area contributed by atoms with Crippen molar-refractivity contribution < 1.29 is 9.13 Å². The van der Waals surface area contributed by atoms with Crippen molar-refractivity contribution >= 4 is 17.8 Å². The van der Waals surface area contributed by atoms with Crippen LogP contribution in [0.2, 0.25) is 5.02 Å². The van der Waals surface area contributed by atoms with Crippen LogP contribution in [0.25, 0.3) is 0 Å². The molecule has 0 fully saturated rings. The van der Waals surface area contributed by atoms with Gasteiger partial charge in [-0.25, -0.2) is 4.39 Å². The van der Waals surface area contributed by atoms with Gasteiger partial charge in [0.05, 0.1) is 0 Å². The third-order valence-corrected chi connectivity index (χ3v) is 2.96. The van der Waals surface area contributed by atoms with Crippen molar-refractivity contribution in [2.45, 2.75) is 13.1 Å². The minimum Gasteiger partial charge on any atom is -0.479 e. The average molecular weight is 267 g/mol. The molecule has 0 saturated carbocycles. The van der Waals surface area contributed by atoms with E-state index in [4.69, 9.17) is 22.8 Å². The Morgan fingerprint density at radius 2 is 2.50 bits per heavy atom. The van der Waals surface area contributed by atoms with Gasteiger partial charge in [0.25, 0.3) is 0 Å². The second kappa shape index (κ2) is 5.38. The van der Waals surface area contributed by atoms with Gasteiger partial charge in [0.15, 0.2) is 5.82 Å². The first-order chi connectivity index (χ1) is 8.65. The molecular formula is C13H12ClFN2O. The summed E-state index contributed by atoms with van der Waals surface area (Å²) in [6, 6.07) is 1.67. The fourth-order valence-electron chi connectivity index (χ4n) is 1.82. The molecule has 2 rings (SSSR count). The number of aliphatic imine (C=N–C) groups is 1. The van der Waals surface area contributed by atoms with Gasteiger partial charge in [0.2, 0.25) is 0 Å². The molecule has 1 unspecified atom stereocenters. The Balaban J connectivity index is 2.40. The Morgan fingerprint density at radius 3 is 3.11 bits per heavy atom. The predicted octanol–water partition coefficient (Wildman–Crippen LogP) is 2.47. The standard InChI is InChI=1S/C13H12ClFN2O/c1-3-6-18-12-8(2)7-9(11(15)10(12)14)13-16-4-5-17-13/h1,4,7,13,17H,5-6H2,2H3. The van der Waals surface area contributed by atoms with E-state index in [-0.39, 0.29) is 23.5 Å². The average Bonchev–Trinajstić information content (AvgIpc) is 2.87. The van der Waals surface area contributed by atoms with E-state index >= 15 is 0 Å². The van der Waals surface area contributed by atoms with Crippen molar-refractivity contribution in [2.75, 3.05) is 13.2 Å². The normalized spacial score (nSPS) is 17.8. The molecule has 94 valence electrons. The first-order valence-corrected chi connectivity index (χ1v) is 5.82. The van der Waals surface area contributed by atoms with Crippen molar-refractivity contribution in [3.63, 3.8) is 0 Å². The van der Waals surface area contributed by atoms with Gasteiger partial charge in [-0.3, -0.25) is 10.3 Å². The van der Waals surface area contributed by atoms with E-state index in [1.807, 2.05) is 0 Å². The van der Waals surface area contributed by atoms with Crippen molar-refractivity contribution in [3.8, 4) is 18.1 Å². The number of hydrogen-bond acceptors (Lipinski definition) is 3. The molecule has 3 nitrogen and oxygen atoms in total. The van der Waals surface area contributed by atoms with E-state index in [1.54, 1.807) is 19.2 Å². The summed E-state index contributed by atoms with van der Waals surface area (Å²) in [5.74, 6) is 2.09. The lowest BCUT2D eigenvalue weighted by molar-refractivity contribution is 0.364. The molecule has 0 amide bonds. The maximum absolute atomic E-state index is 14.1. The van der Waals surface area contributed by atoms with E-state index in [9.17, 15) is 4.39 Å². The quantitative estimate of drug-likeness (QED) is 0.853. The summed E-state index contributed by atoms with van der Waals surface area (Å²) in [4.78, 5) is 4.13. The summed E-state index contributed by atoms with van der Waals surface area (Å²) < 4.78 is 19.4. The van der Waals surface area contributed by atoms with E-state index in [0.29, 0.717) is 12.1 Å². The number of nitrogens with one attached hydrogen (secondary N) is 1. The van der Waals surface area contributed by atoms with Crippen LogP contribution in [0.15, 0.2) is 11.1 Å². The lowest BCUT2D eigenvalue weighted by Crippen LogP contribution is -2.16. The molecule has 0 radical (unpaired) electrons. The molecule has 1 heterocycles. The molecule has 0 aliphatic carbocycles. The smallest absolute Gasteiger partial charge is 0.152 e. The van der Waals surface area contributed by atoms with Crippen LogP contribution in [-0.4, -0.2) is 19.4 Å². The molecule has 1 aromatic rings. The third kappa shape index (κ3) is 2.33. The van der Waals surface area contributed by atoms with E-state index in [1.165, 1.54) is 0 Å². The SMILES string of the molecule is C#CCOc1c(C)cc(C2N=CCN2)c(F)c1Cl. The number of nitrogens with zero attached hydrogens (tertiary/aromatic N) is 1. The fraction of sp³-hybridized carbons (Fsp3) is 0.308. The van der Waals surface area contributed by atoms with Gasteiger partial charge >= 0.3 is 0 Å². The summed E-state index contributed by atoms with van der Waals surface area (Å²) in [6.07, 6.45) is 6.42. The van der Waals surface area contributed by atoms with Gasteiger partial charge in [-0.05, 0) is 18.6 Å². The predicted molar refractivity (Wildman–Crippen MR) is 69.7 cm³/mol. The zero-order valence-corrected chi connectivity index (χ0v) is 10.6. The molecule has 0 spiro atoms. The molecule has 5 heteroatoms. The highest BCUT2D eigenvalue weighted by Crippen LogP contribution is 2.36. The minimum atomic E-state index is -0.522. The van der Waals surface area contributed by atoms with Crippen molar-refractivity contribution in [3.05, 3.63) is 28.0 Å². The molecule has 1 aliphatic heterocycles. The summed E-state index contributed by atoms with van der Waals surface area (Å²) in [6.45, 7) is 2.47. The van der Waals surface area contributed by atoms with Crippen LogP contribution in [0.4, 0.5) is 4.39 Å². The van der Waals surface area contributed by atoms with Gasteiger partial charge in [-0.2, -0.15) is 0 Å². The van der Waals surface area contributed by atoms with Crippen molar-refractivity contribution in [2.24, 2.45) is 4.99 Å². The summed E-state index contributed by atoms with van der Waals surface area (Å²) in [5, 5.41) is 2.99. The number of rotatable bonds is 3. The Kier molecular flexibility index (Phi) is 3.85. The summed E-state index contributed by atoms with van der Waals surface area (Å²) in [5.41, 5.74) is 1.15. The Morgan fingerprint density at radius 1 is 1.72 bits per heavy atom. The van der Waals surface area contributed by atoms with Gasteiger partial charge in [-0.15, -0.1) is 6.42 Å². The van der Waals surface area contributed by atoms with Crippen molar-refractivity contribution in [1.29, 1.82) is 0 Å². The van der Waals surface area contributed by atoms with Crippen LogP contribution < -0.4 is 10.1 Å². The Hall–Kier alpha value is -1.57. The molecule has 1 aromatic carbocycles. The second-order valence-corrected chi connectivity index (χ2v) is 4.25. The summed E-state index contributed by atoms with van der Waals surface area (Å²) in [7, 11) is 0. The molecule has 0 aromatic heterocycles. The molecule has 1 N–H and O–H groups in total. The van der Waals surface area contributed by atoms with Crippen molar-refractivity contribution in [1.82, 2.24) is 5.32 Å². The number of aryl methyl sites for hydroxylation is 1. The second-order valence-electron chi connectivity index (χ2n) is 3.88. The van der Waals surface area contributed by atoms with Crippen LogP contribution >= 0.6 is 11.6 Å². The van der Waals surface area contributed by atoms with Crippen LogP contribution in [0.1, 0.15) is 17.3 Å². The number of ether oxygens (including phenoxy) is 1. The zero-order valence-electron chi connectivity index (χ0n) is 9.84. The zero-order chi connectivity index (χ0) is 13.1. The number of halogens is 2. The van der Waals surface area contributed by atoms with Crippen LogP contribution in [0, 0.1) is 25.1 Å². The van der Waals surface area contributed by atoms with Gasteiger partial charge < -0.3 is 4.74 Å². The molecular weight excluding hydrogens is 255 g/mol. The Bertz CT molecular complexity index is 537. The van der Waals surface area contributed by atoms with Crippen LogP contribution in [-0.2, 0) is 0 Å². The molecule has 0 bridgehead atoms. The number of hydrogen-bond donors (Lipinski definition) is 1. The largest absolute Gasteiger partial charge is 0.479 e. The lowest BCUT2D eigenvalue weighted by atomic mass is 10.1. The maximum Gasteiger partial charge on any atom is 0.152 e. The van der Waals surface area contributed by atoms with Crippen LogP contribution in [0.5, 0.6) is 5.75 Å². The molecule has 0 saturated heterocycles. The number of benzene rings is 1. The highest BCUT2D eigenvalue weighted by Gasteiger charge is 2.22. The third-order valence-electron chi connectivity index (χ3n) is 2.63. The highest BCUT2D eigenvalue weighted by molar-refractivity contribution is 6.32. The summed E-state index contributed by atoms with van der Waals surface area (Å²) >= 11 is 5.97. The topological polar surface area (TPSA) is 33.6 Å².